The lowest BCUT2D eigenvalue weighted by molar-refractivity contribution is 0.0568. The lowest BCUT2D eigenvalue weighted by atomic mass is 10.2. The minimum Gasteiger partial charge on any atom is -0.378 e. The Morgan fingerprint density at radius 1 is 0.682 bits per heavy atom. The monoisotopic (exact) mass is 319 g/mol. The highest BCUT2D eigenvalue weighted by Gasteiger charge is 2.08. The summed E-state index contributed by atoms with van der Waals surface area (Å²) in [6, 6.07) is 20.7. The Balaban J connectivity index is 1.87. The molecule has 0 aliphatic heterocycles. The van der Waals surface area contributed by atoms with E-state index >= 15 is 0 Å². The van der Waals surface area contributed by atoms with Gasteiger partial charge < -0.3 is 14.4 Å². The smallest absolute Gasteiger partial charge is 0.0701 e. The summed E-state index contributed by atoms with van der Waals surface area (Å²) in [7, 11) is 0. The molecule has 22 heavy (non-hydrogen) atoms. The average molecular weight is 320 g/mol. The molecule has 3 nitrogen and oxygen atoms in total. The number of rotatable bonds is 10. The number of hydrogen-bond donors (Lipinski definition) is 0. The highest BCUT2D eigenvalue weighted by atomic mass is 35.5. The zero-order valence-corrected chi connectivity index (χ0v) is 13.4. The zero-order chi connectivity index (χ0) is 15.5. The van der Waals surface area contributed by atoms with E-state index in [0.29, 0.717) is 32.3 Å². The van der Waals surface area contributed by atoms with Crippen LogP contribution in [0.25, 0.3) is 0 Å². The van der Waals surface area contributed by atoms with Gasteiger partial charge in [0.2, 0.25) is 0 Å². The highest BCUT2D eigenvalue weighted by Crippen LogP contribution is 2.24. The number of benzene rings is 2. The van der Waals surface area contributed by atoms with Crippen molar-refractivity contribution in [3.8, 4) is 0 Å². The minimum absolute atomic E-state index is 0.524. The van der Waals surface area contributed by atoms with Crippen LogP contribution in [-0.4, -0.2) is 38.9 Å². The summed E-state index contributed by atoms with van der Waals surface area (Å²) in [5.41, 5.74) is 2.33. The first-order chi connectivity index (χ1) is 10.9. The number of halogens is 1. The van der Waals surface area contributed by atoms with Crippen molar-refractivity contribution in [1.82, 2.24) is 0 Å². The number of hydrogen-bond acceptors (Lipinski definition) is 3. The minimum atomic E-state index is 0.524. The number of alkyl halides is 1. The second kappa shape index (κ2) is 10.2. The van der Waals surface area contributed by atoms with Gasteiger partial charge in [-0.1, -0.05) is 36.4 Å². The van der Waals surface area contributed by atoms with Crippen molar-refractivity contribution in [3.63, 3.8) is 0 Å². The number of nitrogens with zero attached hydrogens (tertiary/aromatic N) is 1. The molecule has 0 aliphatic rings. The van der Waals surface area contributed by atoms with Crippen molar-refractivity contribution in [2.75, 3.05) is 43.8 Å². The maximum Gasteiger partial charge on any atom is 0.0701 e. The standard InChI is InChI=1S/C18H22ClNO2/c19-11-13-21-15-16-22-14-12-20(17-7-3-1-4-8-17)18-9-5-2-6-10-18/h1-10H,11-16H2. The summed E-state index contributed by atoms with van der Waals surface area (Å²) in [4.78, 5) is 2.25. The van der Waals surface area contributed by atoms with Gasteiger partial charge in [-0.3, -0.25) is 0 Å². The van der Waals surface area contributed by atoms with Gasteiger partial charge in [0.15, 0.2) is 0 Å². The van der Waals surface area contributed by atoms with E-state index in [4.69, 9.17) is 21.1 Å². The molecule has 0 radical (unpaired) electrons. The van der Waals surface area contributed by atoms with E-state index < -0.39 is 0 Å². The molecule has 0 atom stereocenters. The summed E-state index contributed by atoms with van der Waals surface area (Å²) in [6.07, 6.45) is 0. The second-order valence-corrected chi connectivity index (χ2v) is 5.11. The normalized spacial score (nSPS) is 10.6. The van der Waals surface area contributed by atoms with E-state index in [1.54, 1.807) is 0 Å². The zero-order valence-electron chi connectivity index (χ0n) is 12.7. The summed E-state index contributed by atoms with van der Waals surface area (Å²) in [5.74, 6) is 0.524. The van der Waals surface area contributed by atoms with Crippen LogP contribution in [-0.2, 0) is 9.47 Å². The molecule has 4 heteroatoms. The summed E-state index contributed by atoms with van der Waals surface area (Å²) in [5, 5.41) is 0. The van der Waals surface area contributed by atoms with Crippen LogP contribution in [0.15, 0.2) is 60.7 Å². The summed E-state index contributed by atoms with van der Waals surface area (Å²) < 4.78 is 10.9. The first-order valence-electron chi connectivity index (χ1n) is 7.51. The number of anilines is 2. The quantitative estimate of drug-likeness (QED) is 0.486. The van der Waals surface area contributed by atoms with Crippen molar-refractivity contribution >= 4 is 23.0 Å². The topological polar surface area (TPSA) is 21.7 Å². The third-order valence-electron chi connectivity index (χ3n) is 3.19. The van der Waals surface area contributed by atoms with Gasteiger partial charge in [0.1, 0.15) is 0 Å². The van der Waals surface area contributed by atoms with Crippen molar-refractivity contribution in [1.29, 1.82) is 0 Å². The van der Waals surface area contributed by atoms with Gasteiger partial charge >= 0.3 is 0 Å². The van der Waals surface area contributed by atoms with E-state index in [1.807, 2.05) is 36.4 Å². The molecule has 0 aliphatic carbocycles. The van der Waals surface area contributed by atoms with E-state index in [2.05, 4.69) is 29.2 Å². The van der Waals surface area contributed by atoms with Gasteiger partial charge in [-0.15, -0.1) is 11.6 Å². The largest absolute Gasteiger partial charge is 0.378 e. The molecule has 0 saturated carbocycles. The predicted octanol–water partition coefficient (Wildman–Crippen LogP) is 4.10. The van der Waals surface area contributed by atoms with Gasteiger partial charge in [-0.2, -0.15) is 0 Å². The second-order valence-electron chi connectivity index (χ2n) is 4.74. The van der Waals surface area contributed by atoms with Crippen LogP contribution in [0.1, 0.15) is 0 Å². The summed E-state index contributed by atoms with van der Waals surface area (Å²) >= 11 is 5.55. The van der Waals surface area contributed by atoms with Crippen LogP contribution < -0.4 is 4.90 Å². The van der Waals surface area contributed by atoms with Gasteiger partial charge in [0, 0.05) is 23.8 Å². The molecule has 0 heterocycles. The fourth-order valence-corrected chi connectivity index (χ4v) is 2.26. The predicted molar refractivity (Wildman–Crippen MR) is 92.2 cm³/mol. The van der Waals surface area contributed by atoms with Crippen LogP contribution >= 0.6 is 11.6 Å². The first-order valence-corrected chi connectivity index (χ1v) is 8.04. The molecule has 0 N–H and O–H groups in total. The Morgan fingerprint density at radius 3 is 1.68 bits per heavy atom. The molecule has 0 aromatic heterocycles. The van der Waals surface area contributed by atoms with Crippen molar-refractivity contribution < 1.29 is 9.47 Å². The van der Waals surface area contributed by atoms with Crippen molar-refractivity contribution in [2.24, 2.45) is 0 Å². The number of para-hydroxylation sites is 2. The fraction of sp³-hybridized carbons (Fsp3) is 0.333. The van der Waals surface area contributed by atoms with Gasteiger partial charge in [-0.25, -0.2) is 0 Å². The molecule has 0 bridgehead atoms. The lowest BCUT2D eigenvalue weighted by Crippen LogP contribution is -2.23. The van der Waals surface area contributed by atoms with Crippen molar-refractivity contribution in [2.45, 2.75) is 0 Å². The van der Waals surface area contributed by atoms with Gasteiger partial charge in [-0.05, 0) is 24.3 Å². The average Bonchev–Trinajstić information content (AvgIpc) is 2.59. The molecule has 2 rings (SSSR count). The highest BCUT2D eigenvalue weighted by molar-refractivity contribution is 6.17. The summed E-state index contributed by atoms with van der Waals surface area (Å²) in [6.45, 7) is 3.19. The molecule has 118 valence electrons. The van der Waals surface area contributed by atoms with Crippen LogP contribution in [0, 0.1) is 0 Å². The lowest BCUT2D eigenvalue weighted by Gasteiger charge is -2.25. The van der Waals surface area contributed by atoms with Gasteiger partial charge in [0.25, 0.3) is 0 Å². The van der Waals surface area contributed by atoms with E-state index in [0.717, 1.165) is 17.9 Å². The van der Waals surface area contributed by atoms with E-state index in [9.17, 15) is 0 Å². The number of ether oxygens (including phenoxy) is 2. The van der Waals surface area contributed by atoms with Crippen LogP contribution in [0.3, 0.4) is 0 Å². The molecule has 2 aromatic rings. The Kier molecular flexibility index (Phi) is 7.81. The van der Waals surface area contributed by atoms with Crippen LogP contribution in [0.2, 0.25) is 0 Å². The SMILES string of the molecule is ClCCOCCOCCN(c1ccccc1)c1ccccc1. The Bertz CT molecular complexity index is 468. The maximum atomic E-state index is 5.64. The third-order valence-corrected chi connectivity index (χ3v) is 3.34. The molecular formula is C18H22ClNO2. The Morgan fingerprint density at radius 2 is 1.18 bits per heavy atom. The molecule has 2 aromatic carbocycles. The van der Waals surface area contributed by atoms with Crippen LogP contribution in [0.4, 0.5) is 11.4 Å². The first kappa shape index (κ1) is 16.8. The molecule has 0 spiro atoms. The molecule has 0 fully saturated rings. The third kappa shape index (κ3) is 5.68. The molecule has 0 unspecified atom stereocenters. The van der Waals surface area contributed by atoms with Crippen LogP contribution in [0.5, 0.6) is 0 Å². The van der Waals surface area contributed by atoms with E-state index in [-0.39, 0.29) is 0 Å². The fourth-order valence-electron chi connectivity index (χ4n) is 2.16. The van der Waals surface area contributed by atoms with E-state index in [1.165, 1.54) is 0 Å². The molecule has 0 saturated heterocycles. The molecular weight excluding hydrogens is 298 g/mol. The van der Waals surface area contributed by atoms with Gasteiger partial charge in [0.05, 0.1) is 26.4 Å². The Labute approximate surface area is 137 Å². The molecule has 0 amide bonds. The maximum absolute atomic E-state index is 5.64. The Hall–Kier alpha value is -1.55. The van der Waals surface area contributed by atoms with Crippen molar-refractivity contribution in [3.05, 3.63) is 60.7 Å².